The summed E-state index contributed by atoms with van der Waals surface area (Å²) in [5, 5.41) is 8.86. The number of nitriles is 1. The van der Waals surface area contributed by atoms with E-state index < -0.39 is 22.0 Å². The molecular formula is C20H18N4O4S2. The summed E-state index contributed by atoms with van der Waals surface area (Å²) in [7, 11) is -3.94. The number of esters is 1. The number of rotatable bonds is 5. The van der Waals surface area contributed by atoms with Crippen LogP contribution in [0.15, 0.2) is 47.4 Å². The van der Waals surface area contributed by atoms with Crippen LogP contribution in [0.3, 0.4) is 0 Å². The summed E-state index contributed by atoms with van der Waals surface area (Å²) in [5.74, 6) is -0.578. The maximum atomic E-state index is 13.4. The Morgan fingerprint density at radius 3 is 2.77 bits per heavy atom. The highest BCUT2D eigenvalue weighted by Gasteiger charge is 2.39. The number of piperidine rings is 1. The summed E-state index contributed by atoms with van der Waals surface area (Å²) >= 11 is 0.951. The molecule has 154 valence electrons. The third-order valence-corrected chi connectivity index (χ3v) is 7.51. The van der Waals surface area contributed by atoms with E-state index in [1.165, 1.54) is 10.4 Å². The SMILES string of the molecule is N#Cc1ccc(COC(=O)[C@H]2CCCCN2S(=O)(=O)c2cccc3nsnc23)cc1. The molecule has 0 saturated carbocycles. The van der Waals surface area contributed by atoms with Crippen molar-refractivity contribution in [3.8, 4) is 6.07 Å². The Morgan fingerprint density at radius 2 is 2.00 bits per heavy atom. The molecule has 0 bridgehead atoms. The van der Waals surface area contributed by atoms with Gasteiger partial charge in [0.1, 0.15) is 28.6 Å². The monoisotopic (exact) mass is 442 g/mol. The molecule has 0 N–H and O–H groups in total. The number of aromatic nitrogens is 2. The zero-order chi connectivity index (χ0) is 21.1. The van der Waals surface area contributed by atoms with Crippen LogP contribution in [0.1, 0.15) is 30.4 Å². The average molecular weight is 443 g/mol. The topological polar surface area (TPSA) is 113 Å². The molecule has 10 heteroatoms. The third kappa shape index (κ3) is 3.92. The standard InChI is InChI=1S/C20H18N4O4S2/c21-12-14-7-9-15(10-8-14)13-28-20(25)17-5-1-2-11-24(17)30(26,27)18-6-3-4-16-19(18)23-29-22-16/h3-4,6-10,17H,1-2,5,11,13H2/t17-/m1/s1. The van der Waals surface area contributed by atoms with Crippen LogP contribution in [0.4, 0.5) is 0 Å². The van der Waals surface area contributed by atoms with E-state index in [2.05, 4.69) is 8.75 Å². The van der Waals surface area contributed by atoms with E-state index in [4.69, 9.17) is 10.00 Å². The fourth-order valence-corrected chi connectivity index (χ4v) is 5.87. The highest BCUT2D eigenvalue weighted by molar-refractivity contribution is 7.89. The van der Waals surface area contributed by atoms with Crippen molar-refractivity contribution in [2.45, 2.75) is 36.8 Å². The van der Waals surface area contributed by atoms with Gasteiger partial charge in [0.2, 0.25) is 10.0 Å². The van der Waals surface area contributed by atoms with Crippen molar-refractivity contribution < 1.29 is 17.9 Å². The molecule has 1 atom stereocenters. The fourth-order valence-electron chi connectivity index (χ4n) is 3.47. The quantitative estimate of drug-likeness (QED) is 0.558. The summed E-state index contributed by atoms with van der Waals surface area (Å²) in [6.07, 6.45) is 1.81. The van der Waals surface area contributed by atoms with Gasteiger partial charge in [0.25, 0.3) is 0 Å². The van der Waals surface area contributed by atoms with Gasteiger partial charge in [-0.05, 0) is 49.1 Å². The van der Waals surface area contributed by atoms with Gasteiger partial charge in [0.15, 0.2) is 0 Å². The number of fused-ring (bicyclic) bond motifs is 1. The van der Waals surface area contributed by atoms with Crippen LogP contribution in [0.5, 0.6) is 0 Å². The molecule has 2 aromatic carbocycles. The molecule has 0 spiro atoms. The van der Waals surface area contributed by atoms with Crippen molar-refractivity contribution in [2.75, 3.05) is 6.54 Å². The van der Waals surface area contributed by atoms with E-state index in [1.54, 1.807) is 36.4 Å². The summed E-state index contributed by atoms with van der Waals surface area (Å²) in [6.45, 7) is 0.257. The first-order valence-corrected chi connectivity index (χ1v) is 11.6. The van der Waals surface area contributed by atoms with Gasteiger partial charge in [0.05, 0.1) is 23.4 Å². The Balaban J connectivity index is 1.55. The number of hydrogen-bond donors (Lipinski definition) is 0. The van der Waals surface area contributed by atoms with Gasteiger partial charge in [0, 0.05) is 6.54 Å². The molecule has 8 nitrogen and oxygen atoms in total. The lowest BCUT2D eigenvalue weighted by atomic mass is 10.1. The van der Waals surface area contributed by atoms with Crippen molar-refractivity contribution in [3.63, 3.8) is 0 Å². The van der Waals surface area contributed by atoms with Crippen LogP contribution in [-0.2, 0) is 26.2 Å². The van der Waals surface area contributed by atoms with Gasteiger partial charge in [-0.1, -0.05) is 18.2 Å². The first-order valence-electron chi connectivity index (χ1n) is 9.39. The van der Waals surface area contributed by atoms with Gasteiger partial charge in [-0.2, -0.15) is 18.3 Å². The minimum absolute atomic E-state index is 0.0144. The molecular weight excluding hydrogens is 424 g/mol. The maximum absolute atomic E-state index is 13.4. The van der Waals surface area contributed by atoms with E-state index in [1.807, 2.05) is 6.07 Å². The molecule has 0 aliphatic carbocycles. The minimum atomic E-state index is -3.94. The Hall–Kier alpha value is -2.87. The second-order valence-electron chi connectivity index (χ2n) is 6.93. The second-order valence-corrected chi connectivity index (χ2v) is 9.32. The van der Waals surface area contributed by atoms with Gasteiger partial charge in [-0.25, -0.2) is 8.42 Å². The molecule has 1 saturated heterocycles. The largest absolute Gasteiger partial charge is 0.460 e. The highest BCUT2D eigenvalue weighted by Crippen LogP contribution is 2.30. The van der Waals surface area contributed by atoms with Crippen molar-refractivity contribution in [1.29, 1.82) is 5.26 Å². The van der Waals surface area contributed by atoms with E-state index in [0.29, 0.717) is 29.4 Å². The predicted molar refractivity (Wildman–Crippen MR) is 110 cm³/mol. The first kappa shape index (κ1) is 20.4. The fraction of sp³-hybridized carbons (Fsp3) is 0.300. The molecule has 3 aromatic rings. The molecule has 2 heterocycles. The lowest BCUT2D eigenvalue weighted by Gasteiger charge is -2.33. The minimum Gasteiger partial charge on any atom is -0.460 e. The number of sulfonamides is 1. The second kappa shape index (κ2) is 8.47. The summed E-state index contributed by atoms with van der Waals surface area (Å²) < 4.78 is 41.6. The van der Waals surface area contributed by atoms with Gasteiger partial charge < -0.3 is 4.74 Å². The van der Waals surface area contributed by atoms with Crippen LogP contribution < -0.4 is 0 Å². The van der Waals surface area contributed by atoms with E-state index in [-0.39, 0.29) is 18.0 Å². The van der Waals surface area contributed by atoms with Gasteiger partial charge in [-0.15, -0.1) is 0 Å². The Bertz CT molecular complexity index is 1220. The van der Waals surface area contributed by atoms with Gasteiger partial charge >= 0.3 is 5.97 Å². The molecule has 0 radical (unpaired) electrons. The number of benzene rings is 2. The normalized spacial score (nSPS) is 17.5. The van der Waals surface area contributed by atoms with Gasteiger partial charge in [-0.3, -0.25) is 4.79 Å². The van der Waals surface area contributed by atoms with Crippen LogP contribution in [0.2, 0.25) is 0 Å². The van der Waals surface area contributed by atoms with Crippen molar-refractivity contribution in [1.82, 2.24) is 13.1 Å². The number of carbonyl (C=O) groups is 1. The summed E-state index contributed by atoms with van der Waals surface area (Å²) in [5.41, 5.74) is 2.07. The molecule has 0 amide bonds. The Kier molecular flexibility index (Phi) is 5.76. The van der Waals surface area contributed by atoms with Crippen LogP contribution in [0, 0.1) is 11.3 Å². The van der Waals surface area contributed by atoms with Crippen molar-refractivity contribution in [3.05, 3.63) is 53.6 Å². The zero-order valence-electron chi connectivity index (χ0n) is 15.9. The molecule has 4 rings (SSSR count). The van der Waals surface area contributed by atoms with Crippen LogP contribution in [-0.4, -0.2) is 40.0 Å². The number of nitrogens with zero attached hydrogens (tertiary/aromatic N) is 4. The van der Waals surface area contributed by atoms with E-state index in [0.717, 1.165) is 23.7 Å². The molecule has 1 aliphatic rings. The van der Waals surface area contributed by atoms with E-state index >= 15 is 0 Å². The summed E-state index contributed by atoms with van der Waals surface area (Å²) in [4.78, 5) is 12.8. The van der Waals surface area contributed by atoms with Crippen molar-refractivity contribution >= 4 is 38.8 Å². The number of hydrogen-bond acceptors (Lipinski definition) is 8. The highest BCUT2D eigenvalue weighted by atomic mass is 32.2. The molecule has 1 aliphatic heterocycles. The smallest absolute Gasteiger partial charge is 0.324 e. The molecule has 1 fully saturated rings. The average Bonchev–Trinajstić information content (AvgIpc) is 3.26. The summed E-state index contributed by atoms with van der Waals surface area (Å²) in [6, 6.07) is 12.7. The lowest BCUT2D eigenvalue weighted by molar-refractivity contribution is -0.150. The third-order valence-electron chi connectivity index (χ3n) is 5.03. The first-order chi connectivity index (χ1) is 14.5. The van der Waals surface area contributed by atoms with Crippen LogP contribution in [0.25, 0.3) is 11.0 Å². The van der Waals surface area contributed by atoms with Crippen molar-refractivity contribution in [2.24, 2.45) is 0 Å². The molecule has 30 heavy (non-hydrogen) atoms. The zero-order valence-corrected chi connectivity index (χ0v) is 17.5. The maximum Gasteiger partial charge on any atom is 0.324 e. The Labute approximate surface area is 178 Å². The predicted octanol–water partition coefficient (Wildman–Crippen LogP) is 2.85. The van der Waals surface area contributed by atoms with Crippen LogP contribution >= 0.6 is 11.7 Å². The lowest BCUT2D eigenvalue weighted by Crippen LogP contribution is -2.48. The van der Waals surface area contributed by atoms with E-state index in [9.17, 15) is 13.2 Å². The molecule has 0 unspecified atom stereocenters. The molecule has 1 aromatic heterocycles. The number of ether oxygens (including phenoxy) is 1. The Morgan fingerprint density at radius 1 is 1.20 bits per heavy atom. The number of carbonyl (C=O) groups excluding carboxylic acids is 1.